The second-order valence-corrected chi connectivity index (χ2v) is 8.15. The molecule has 0 spiro atoms. The molecule has 0 unspecified atom stereocenters. The average molecular weight is 388 g/mol. The third-order valence-corrected chi connectivity index (χ3v) is 5.78. The van der Waals surface area contributed by atoms with Crippen molar-refractivity contribution >= 4 is 46.7 Å². The van der Waals surface area contributed by atoms with Crippen molar-refractivity contribution < 1.29 is 9.59 Å². The van der Waals surface area contributed by atoms with Crippen molar-refractivity contribution in [1.29, 1.82) is 0 Å². The quantitative estimate of drug-likeness (QED) is 0.758. The van der Waals surface area contributed by atoms with Gasteiger partial charge in [-0.2, -0.15) is 0 Å². The molecule has 1 aromatic carbocycles. The molecule has 2 aromatic rings. The minimum Gasteiger partial charge on any atom is -0.325 e. The van der Waals surface area contributed by atoms with E-state index >= 15 is 0 Å². The van der Waals surface area contributed by atoms with Crippen LogP contribution in [-0.4, -0.2) is 34.8 Å². The van der Waals surface area contributed by atoms with Crippen molar-refractivity contribution in [2.75, 3.05) is 28.3 Å². The van der Waals surface area contributed by atoms with E-state index in [9.17, 15) is 9.59 Å². The molecule has 1 aliphatic rings. The van der Waals surface area contributed by atoms with Gasteiger partial charge in [0.15, 0.2) is 0 Å². The van der Waals surface area contributed by atoms with E-state index in [0.717, 1.165) is 27.1 Å². The molecule has 0 aliphatic carbocycles. The van der Waals surface area contributed by atoms with Crippen LogP contribution in [0.3, 0.4) is 0 Å². The number of carbonyl (C=O) groups is 2. The number of nitrogens with zero attached hydrogens (tertiary/aromatic N) is 2. The molecule has 2 amide bonds. The number of para-hydroxylation sites is 1. The molecule has 0 radical (unpaired) electrons. The van der Waals surface area contributed by atoms with Crippen molar-refractivity contribution in [3.8, 4) is 0 Å². The summed E-state index contributed by atoms with van der Waals surface area (Å²) >= 11 is 3.41. The Labute approximate surface area is 162 Å². The summed E-state index contributed by atoms with van der Waals surface area (Å²) in [5.41, 5.74) is 1.60. The van der Waals surface area contributed by atoms with Gasteiger partial charge in [0.25, 0.3) is 0 Å². The van der Waals surface area contributed by atoms with Crippen molar-refractivity contribution in [2.24, 2.45) is 0 Å². The fourth-order valence-corrected chi connectivity index (χ4v) is 4.28. The molecule has 5 nitrogen and oxygen atoms in total. The lowest BCUT2D eigenvalue weighted by Gasteiger charge is -2.29. The van der Waals surface area contributed by atoms with E-state index in [1.165, 1.54) is 0 Å². The molecule has 0 bridgehead atoms. The van der Waals surface area contributed by atoms with Crippen LogP contribution >= 0.6 is 23.5 Å². The minimum atomic E-state index is -0.171. The molecule has 26 heavy (non-hydrogen) atoms. The number of pyridine rings is 1. The van der Waals surface area contributed by atoms with Crippen molar-refractivity contribution in [1.82, 2.24) is 4.98 Å². The molecule has 7 heteroatoms. The molecule has 2 heterocycles. The van der Waals surface area contributed by atoms with Gasteiger partial charge in [-0.25, -0.2) is 4.98 Å². The van der Waals surface area contributed by atoms with Gasteiger partial charge in [-0.1, -0.05) is 19.1 Å². The van der Waals surface area contributed by atoms with Crippen molar-refractivity contribution in [3.05, 3.63) is 42.6 Å². The van der Waals surface area contributed by atoms with Gasteiger partial charge < -0.3 is 10.2 Å². The van der Waals surface area contributed by atoms with Gasteiger partial charge in [0, 0.05) is 30.0 Å². The van der Waals surface area contributed by atoms with Crippen LogP contribution in [0.15, 0.2) is 52.5 Å². The molecule has 0 saturated carbocycles. The zero-order valence-corrected chi connectivity index (χ0v) is 16.2. The highest BCUT2D eigenvalue weighted by Gasteiger charge is 2.22. The lowest BCUT2D eigenvalue weighted by atomic mass is 10.2. The summed E-state index contributed by atoms with van der Waals surface area (Å²) < 4.78 is 0. The summed E-state index contributed by atoms with van der Waals surface area (Å²) in [6.07, 6.45) is 2.01. The van der Waals surface area contributed by atoms with E-state index in [2.05, 4.69) is 17.2 Å². The summed E-state index contributed by atoms with van der Waals surface area (Å²) in [6.45, 7) is 2.75. The first-order valence-corrected chi connectivity index (χ1v) is 10.6. The Morgan fingerprint density at radius 1 is 1.23 bits per heavy atom. The number of benzene rings is 1. The Morgan fingerprint density at radius 2 is 2.08 bits per heavy atom. The summed E-state index contributed by atoms with van der Waals surface area (Å²) in [4.78, 5) is 31.9. The highest BCUT2D eigenvalue weighted by molar-refractivity contribution is 7.99. The van der Waals surface area contributed by atoms with E-state index in [1.807, 2.05) is 36.4 Å². The van der Waals surface area contributed by atoms with Crippen LogP contribution < -0.4 is 10.2 Å². The van der Waals surface area contributed by atoms with Crippen LogP contribution in [0, 0.1) is 0 Å². The monoisotopic (exact) mass is 387 g/mol. The summed E-state index contributed by atoms with van der Waals surface area (Å²) in [5.74, 6) is 1.65. The number of hydrogen-bond acceptors (Lipinski definition) is 5. The van der Waals surface area contributed by atoms with Gasteiger partial charge in [0.05, 0.1) is 22.6 Å². The first-order valence-electron chi connectivity index (χ1n) is 8.58. The normalized spacial score (nSPS) is 13.2. The Morgan fingerprint density at radius 3 is 2.85 bits per heavy atom. The Kier molecular flexibility index (Phi) is 6.57. The van der Waals surface area contributed by atoms with Gasteiger partial charge in [-0.15, -0.1) is 23.5 Å². The number of thioether (sulfide) groups is 2. The number of nitrogens with one attached hydrogen (secondary N) is 1. The van der Waals surface area contributed by atoms with Crippen LogP contribution in [0.4, 0.5) is 11.4 Å². The van der Waals surface area contributed by atoms with Gasteiger partial charge in [-0.05, 0) is 30.0 Å². The van der Waals surface area contributed by atoms with Gasteiger partial charge in [-0.3, -0.25) is 9.59 Å². The molecule has 136 valence electrons. The zero-order chi connectivity index (χ0) is 18.4. The predicted molar refractivity (Wildman–Crippen MR) is 108 cm³/mol. The molecule has 0 saturated heterocycles. The van der Waals surface area contributed by atoms with Gasteiger partial charge >= 0.3 is 0 Å². The van der Waals surface area contributed by atoms with Crippen LogP contribution in [0.1, 0.15) is 19.8 Å². The van der Waals surface area contributed by atoms with E-state index in [4.69, 9.17) is 0 Å². The number of rotatable bonds is 6. The number of fused-ring (bicyclic) bond motifs is 1. The van der Waals surface area contributed by atoms with Crippen molar-refractivity contribution in [3.63, 3.8) is 0 Å². The first kappa shape index (κ1) is 18.8. The molecular weight excluding hydrogens is 366 g/mol. The van der Waals surface area contributed by atoms with Crippen LogP contribution in [0.2, 0.25) is 0 Å². The number of amides is 2. The third kappa shape index (κ3) is 4.80. The molecular formula is C19H21N3O2S2. The zero-order valence-electron chi connectivity index (χ0n) is 14.6. The Bertz CT molecular complexity index is 781. The summed E-state index contributed by atoms with van der Waals surface area (Å²) in [5, 5.41) is 3.74. The molecule has 0 fully saturated rings. The predicted octanol–water partition coefficient (Wildman–Crippen LogP) is 4.05. The van der Waals surface area contributed by atoms with Crippen LogP contribution in [0.5, 0.6) is 0 Å². The maximum absolute atomic E-state index is 12.6. The van der Waals surface area contributed by atoms with E-state index in [1.54, 1.807) is 34.6 Å². The van der Waals surface area contributed by atoms with E-state index in [0.29, 0.717) is 12.2 Å². The number of carbonyl (C=O) groups excluding carboxylic acids is 2. The van der Waals surface area contributed by atoms with Crippen molar-refractivity contribution in [2.45, 2.75) is 29.7 Å². The van der Waals surface area contributed by atoms with E-state index < -0.39 is 0 Å². The Balaban J connectivity index is 1.52. The SMILES string of the molecule is CCSc1ccc(NC(=O)CCC(=O)N2CCSc3ccccc32)cn1. The maximum Gasteiger partial charge on any atom is 0.227 e. The molecule has 0 atom stereocenters. The second kappa shape index (κ2) is 9.09. The number of anilines is 2. The smallest absolute Gasteiger partial charge is 0.227 e. The molecule has 1 aromatic heterocycles. The second-order valence-electron chi connectivity index (χ2n) is 5.73. The number of hydrogen-bond donors (Lipinski definition) is 1. The standard InChI is InChI=1S/C19H21N3O2S2/c1-2-25-18-9-7-14(13-20-18)21-17(23)8-10-19(24)22-11-12-26-16-6-4-3-5-15(16)22/h3-7,9,13H,2,8,10-12H2,1H3,(H,21,23). The van der Waals surface area contributed by atoms with Crippen LogP contribution in [-0.2, 0) is 9.59 Å². The fraction of sp³-hybridized carbons (Fsp3) is 0.316. The van der Waals surface area contributed by atoms with Crippen LogP contribution in [0.25, 0.3) is 0 Å². The summed E-state index contributed by atoms with van der Waals surface area (Å²) in [6, 6.07) is 11.6. The highest BCUT2D eigenvalue weighted by Crippen LogP contribution is 2.34. The summed E-state index contributed by atoms with van der Waals surface area (Å²) in [7, 11) is 0. The average Bonchev–Trinajstić information content (AvgIpc) is 2.67. The van der Waals surface area contributed by atoms with Gasteiger partial charge in [0.2, 0.25) is 11.8 Å². The fourth-order valence-electron chi connectivity index (χ4n) is 2.70. The molecule has 1 aliphatic heterocycles. The maximum atomic E-state index is 12.6. The lowest BCUT2D eigenvalue weighted by Crippen LogP contribution is -2.35. The molecule has 1 N–H and O–H groups in total. The first-order chi connectivity index (χ1) is 12.7. The number of aromatic nitrogens is 1. The highest BCUT2D eigenvalue weighted by atomic mass is 32.2. The van der Waals surface area contributed by atoms with Gasteiger partial charge in [0.1, 0.15) is 0 Å². The Hall–Kier alpha value is -1.99. The largest absolute Gasteiger partial charge is 0.325 e. The topological polar surface area (TPSA) is 62.3 Å². The minimum absolute atomic E-state index is 0.0132. The molecule has 3 rings (SSSR count). The third-order valence-electron chi connectivity index (χ3n) is 3.91. The lowest BCUT2D eigenvalue weighted by molar-refractivity contribution is -0.122. The van der Waals surface area contributed by atoms with E-state index in [-0.39, 0.29) is 24.7 Å².